The van der Waals surface area contributed by atoms with Crippen LogP contribution in [0.3, 0.4) is 0 Å². The predicted molar refractivity (Wildman–Crippen MR) is 46.4 cm³/mol. The lowest BCUT2D eigenvalue weighted by atomic mass is 10.1. The molecule has 0 heterocycles. The molecule has 0 aromatic heterocycles. The zero-order valence-electron chi connectivity index (χ0n) is 7.24. The maximum absolute atomic E-state index is 12.9. The number of halogens is 6. The minimum Gasteiger partial charge on any atom is -0.322 e. The van der Waals surface area contributed by atoms with Crippen LogP contribution in [0.25, 0.3) is 0 Å². The molecule has 86 valence electrons. The Bertz CT molecular complexity index is 331. The molecule has 0 aliphatic heterocycles. The fourth-order valence-corrected chi connectivity index (χ4v) is 0.994. The van der Waals surface area contributed by atoms with Gasteiger partial charge in [0.15, 0.2) is 23.3 Å². The first-order valence-corrected chi connectivity index (χ1v) is 3.63. The Balaban J connectivity index is 0.00000196. The lowest BCUT2D eigenvalue weighted by Gasteiger charge is -2.10. The van der Waals surface area contributed by atoms with Crippen molar-refractivity contribution in [1.29, 1.82) is 0 Å². The van der Waals surface area contributed by atoms with Crippen molar-refractivity contribution in [2.75, 3.05) is 6.67 Å². The van der Waals surface area contributed by atoms with E-state index in [0.29, 0.717) is 0 Å². The van der Waals surface area contributed by atoms with Crippen LogP contribution in [0.2, 0.25) is 0 Å². The number of benzene rings is 1. The van der Waals surface area contributed by atoms with E-state index in [9.17, 15) is 22.0 Å². The zero-order valence-corrected chi connectivity index (χ0v) is 8.05. The number of alkyl halides is 1. The normalized spacial score (nSPS) is 12.1. The standard InChI is InChI=1S/C8H6F5N.ClH/c9-2-5(14)6-7(12)3(10)1-4(11)8(6)13;/h1,5H,2,14H2;1H/t5-;/m0./s1. The summed E-state index contributed by atoms with van der Waals surface area (Å²) in [6, 6.07) is -1.67. The van der Waals surface area contributed by atoms with Gasteiger partial charge in [-0.3, -0.25) is 0 Å². The van der Waals surface area contributed by atoms with E-state index in [4.69, 9.17) is 5.73 Å². The van der Waals surface area contributed by atoms with Crippen molar-refractivity contribution in [1.82, 2.24) is 0 Å². The molecular formula is C8H7ClF5N. The summed E-state index contributed by atoms with van der Waals surface area (Å²) >= 11 is 0. The molecule has 0 amide bonds. The van der Waals surface area contributed by atoms with Gasteiger partial charge in [0.05, 0.1) is 6.04 Å². The van der Waals surface area contributed by atoms with Gasteiger partial charge in [-0.2, -0.15) is 0 Å². The van der Waals surface area contributed by atoms with Gasteiger partial charge in [0.1, 0.15) is 6.67 Å². The minimum absolute atomic E-state index is 0. The molecule has 0 radical (unpaired) electrons. The largest absolute Gasteiger partial charge is 0.322 e. The average molecular weight is 248 g/mol. The topological polar surface area (TPSA) is 26.0 Å². The second-order valence-corrected chi connectivity index (χ2v) is 2.64. The molecule has 0 aliphatic rings. The molecule has 1 atom stereocenters. The van der Waals surface area contributed by atoms with Crippen molar-refractivity contribution in [3.05, 3.63) is 34.9 Å². The van der Waals surface area contributed by atoms with E-state index in [0.717, 1.165) is 0 Å². The Hall–Kier alpha value is -0.880. The Kier molecular flexibility index (Phi) is 4.96. The highest BCUT2D eigenvalue weighted by molar-refractivity contribution is 5.85. The highest BCUT2D eigenvalue weighted by Crippen LogP contribution is 2.24. The van der Waals surface area contributed by atoms with E-state index in [1.54, 1.807) is 0 Å². The molecule has 1 nitrogen and oxygen atoms in total. The molecule has 0 bridgehead atoms. The van der Waals surface area contributed by atoms with E-state index in [1.807, 2.05) is 0 Å². The summed E-state index contributed by atoms with van der Waals surface area (Å²) in [6.07, 6.45) is 0. The lowest BCUT2D eigenvalue weighted by Crippen LogP contribution is -2.18. The van der Waals surface area contributed by atoms with Crippen molar-refractivity contribution in [3.8, 4) is 0 Å². The second-order valence-electron chi connectivity index (χ2n) is 2.64. The van der Waals surface area contributed by atoms with Crippen LogP contribution in [-0.4, -0.2) is 6.67 Å². The summed E-state index contributed by atoms with van der Waals surface area (Å²) in [5, 5.41) is 0. The van der Waals surface area contributed by atoms with Gasteiger partial charge in [0, 0.05) is 11.6 Å². The van der Waals surface area contributed by atoms with Crippen LogP contribution in [0.5, 0.6) is 0 Å². The molecule has 0 fully saturated rings. The molecule has 0 unspecified atom stereocenters. The van der Waals surface area contributed by atoms with Crippen LogP contribution in [0.4, 0.5) is 22.0 Å². The zero-order chi connectivity index (χ0) is 10.9. The van der Waals surface area contributed by atoms with Gasteiger partial charge in [0.2, 0.25) is 0 Å². The van der Waals surface area contributed by atoms with Crippen LogP contribution in [0, 0.1) is 23.3 Å². The maximum Gasteiger partial charge on any atom is 0.166 e. The highest BCUT2D eigenvalue weighted by atomic mass is 35.5. The quantitative estimate of drug-likeness (QED) is 0.631. The predicted octanol–water partition coefficient (Wildman–Crippen LogP) is 2.63. The first-order valence-electron chi connectivity index (χ1n) is 3.63. The van der Waals surface area contributed by atoms with Crippen molar-refractivity contribution < 1.29 is 22.0 Å². The molecule has 15 heavy (non-hydrogen) atoms. The SMILES string of the molecule is Cl.N[C@@H](CF)c1c(F)c(F)cc(F)c1F. The molecule has 0 aliphatic carbocycles. The van der Waals surface area contributed by atoms with E-state index in [2.05, 4.69) is 0 Å². The summed E-state index contributed by atoms with van der Waals surface area (Å²) in [5.41, 5.74) is 3.84. The van der Waals surface area contributed by atoms with E-state index >= 15 is 0 Å². The third-order valence-corrected chi connectivity index (χ3v) is 1.68. The van der Waals surface area contributed by atoms with Crippen LogP contribution < -0.4 is 5.73 Å². The third kappa shape index (κ3) is 2.57. The summed E-state index contributed by atoms with van der Waals surface area (Å²) in [7, 11) is 0. The van der Waals surface area contributed by atoms with Gasteiger partial charge < -0.3 is 5.73 Å². The number of nitrogens with two attached hydrogens (primary N) is 1. The summed E-state index contributed by atoms with van der Waals surface area (Å²) in [6.45, 7) is -1.31. The minimum atomic E-state index is -1.71. The van der Waals surface area contributed by atoms with Crippen LogP contribution in [0.15, 0.2) is 6.07 Å². The van der Waals surface area contributed by atoms with Gasteiger partial charge in [-0.1, -0.05) is 0 Å². The van der Waals surface area contributed by atoms with E-state index < -0.39 is 41.5 Å². The van der Waals surface area contributed by atoms with Crippen LogP contribution in [0.1, 0.15) is 11.6 Å². The number of rotatable bonds is 2. The van der Waals surface area contributed by atoms with Crippen molar-refractivity contribution in [2.45, 2.75) is 6.04 Å². The molecular weight excluding hydrogens is 241 g/mol. The fraction of sp³-hybridized carbons (Fsp3) is 0.250. The maximum atomic E-state index is 12.9. The molecule has 7 heteroatoms. The van der Waals surface area contributed by atoms with E-state index in [-0.39, 0.29) is 18.5 Å². The van der Waals surface area contributed by atoms with Crippen LogP contribution in [-0.2, 0) is 0 Å². The van der Waals surface area contributed by atoms with Gasteiger partial charge in [0.25, 0.3) is 0 Å². The molecule has 1 rings (SSSR count). The third-order valence-electron chi connectivity index (χ3n) is 1.68. The Morgan fingerprint density at radius 2 is 1.47 bits per heavy atom. The van der Waals surface area contributed by atoms with Crippen molar-refractivity contribution in [3.63, 3.8) is 0 Å². The lowest BCUT2D eigenvalue weighted by molar-refractivity contribution is 0.386. The first kappa shape index (κ1) is 14.1. The average Bonchev–Trinajstić information content (AvgIpc) is 2.15. The molecule has 0 saturated heterocycles. The van der Waals surface area contributed by atoms with Crippen molar-refractivity contribution in [2.24, 2.45) is 5.73 Å². The van der Waals surface area contributed by atoms with Crippen LogP contribution >= 0.6 is 12.4 Å². The monoisotopic (exact) mass is 247 g/mol. The fourth-order valence-electron chi connectivity index (χ4n) is 0.994. The number of hydrogen-bond acceptors (Lipinski definition) is 1. The molecule has 2 N–H and O–H groups in total. The van der Waals surface area contributed by atoms with Crippen molar-refractivity contribution >= 4 is 12.4 Å². The summed E-state index contributed by atoms with van der Waals surface area (Å²) < 4.78 is 62.8. The second kappa shape index (κ2) is 5.27. The molecule has 1 aromatic carbocycles. The van der Waals surface area contributed by atoms with Gasteiger partial charge >= 0.3 is 0 Å². The molecule has 1 aromatic rings. The smallest absolute Gasteiger partial charge is 0.166 e. The Morgan fingerprint density at radius 3 is 1.80 bits per heavy atom. The van der Waals surface area contributed by atoms with Gasteiger partial charge in [-0.05, 0) is 0 Å². The Morgan fingerprint density at radius 1 is 1.07 bits per heavy atom. The van der Waals surface area contributed by atoms with Gasteiger partial charge in [-0.25, -0.2) is 22.0 Å². The van der Waals surface area contributed by atoms with Gasteiger partial charge in [-0.15, -0.1) is 12.4 Å². The Labute approximate surface area is 88.5 Å². The summed E-state index contributed by atoms with van der Waals surface area (Å²) in [5.74, 6) is -6.51. The summed E-state index contributed by atoms with van der Waals surface area (Å²) in [4.78, 5) is 0. The first-order chi connectivity index (χ1) is 6.49. The number of hydrogen-bond donors (Lipinski definition) is 1. The van der Waals surface area contributed by atoms with E-state index in [1.165, 1.54) is 0 Å². The highest BCUT2D eigenvalue weighted by Gasteiger charge is 2.23. The molecule has 0 saturated carbocycles. The molecule has 0 spiro atoms.